The molecule has 2 aromatic carbocycles. The monoisotopic (exact) mass is 385 g/mol. The molecule has 0 aliphatic heterocycles. The topological polar surface area (TPSA) is 87.9 Å². The fraction of sp³-hybridized carbons (Fsp3) is 0.235. The molecule has 0 aromatic heterocycles. The summed E-state index contributed by atoms with van der Waals surface area (Å²) in [7, 11) is 1.23. The summed E-state index contributed by atoms with van der Waals surface area (Å²) in [5.74, 6) is -0.662. The molecule has 7 nitrogen and oxygen atoms in total. The van der Waals surface area contributed by atoms with Crippen LogP contribution in [0.5, 0.6) is 17.2 Å². The molecule has 0 heterocycles. The van der Waals surface area contributed by atoms with Crippen molar-refractivity contribution in [3.63, 3.8) is 0 Å². The maximum atomic E-state index is 12.8. The lowest BCUT2D eigenvalue weighted by atomic mass is 10.2. The minimum atomic E-state index is -4.72. The van der Waals surface area contributed by atoms with Gasteiger partial charge in [0.2, 0.25) is 5.75 Å². The number of carbonyl (C=O) groups is 1. The number of hydrogen-bond donors (Lipinski definition) is 0. The minimum absolute atomic E-state index is 0.0364. The van der Waals surface area contributed by atoms with Crippen LogP contribution in [0.3, 0.4) is 0 Å². The third-order valence-corrected chi connectivity index (χ3v) is 3.34. The van der Waals surface area contributed by atoms with Gasteiger partial charge < -0.3 is 14.2 Å². The van der Waals surface area contributed by atoms with Crippen LogP contribution in [0.25, 0.3) is 0 Å². The number of para-hydroxylation sites is 2. The van der Waals surface area contributed by atoms with E-state index in [1.807, 2.05) is 0 Å². The van der Waals surface area contributed by atoms with Crippen LogP contribution in [0.1, 0.15) is 12.0 Å². The number of rotatable bonds is 7. The first kappa shape index (κ1) is 20.0. The molecule has 0 aliphatic rings. The lowest BCUT2D eigenvalue weighted by Gasteiger charge is -2.13. The average molecular weight is 385 g/mol. The van der Waals surface area contributed by atoms with Gasteiger partial charge in [-0.1, -0.05) is 12.1 Å². The Morgan fingerprint density at radius 1 is 1.11 bits per heavy atom. The maximum Gasteiger partial charge on any atom is 0.416 e. The van der Waals surface area contributed by atoms with Gasteiger partial charge in [-0.3, -0.25) is 14.9 Å². The predicted molar refractivity (Wildman–Crippen MR) is 86.7 cm³/mol. The molecular formula is C17H14F3NO6. The van der Waals surface area contributed by atoms with Crippen molar-refractivity contribution < 1.29 is 37.1 Å². The highest BCUT2D eigenvalue weighted by atomic mass is 19.4. The summed E-state index contributed by atoms with van der Waals surface area (Å²) in [6.07, 6.45) is -4.76. The molecular weight excluding hydrogens is 371 g/mol. The highest BCUT2D eigenvalue weighted by Crippen LogP contribution is 2.39. The zero-order valence-corrected chi connectivity index (χ0v) is 14.0. The first-order chi connectivity index (χ1) is 12.7. The van der Waals surface area contributed by atoms with Gasteiger partial charge in [0.15, 0.2) is 11.5 Å². The van der Waals surface area contributed by atoms with Crippen LogP contribution in [0.4, 0.5) is 18.9 Å². The number of methoxy groups -OCH3 is 1. The van der Waals surface area contributed by atoms with Crippen molar-refractivity contribution in [3.05, 3.63) is 58.1 Å². The molecule has 2 aromatic rings. The first-order valence-corrected chi connectivity index (χ1v) is 7.54. The average Bonchev–Trinajstić information content (AvgIpc) is 2.62. The van der Waals surface area contributed by atoms with Crippen molar-refractivity contribution in [3.8, 4) is 17.2 Å². The molecule has 0 radical (unpaired) electrons. The third kappa shape index (κ3) is 5.33. The van der Waals surface area contributed by atoms with E-state index in [0.717, 1.165) is 6.07 Å². The second-order valence-electron chi connectivity index (χ2n) is 5.16. The van der Waals surface area contributed by atoms with E-state index in [2.05, 4.69) is 4.74 Å². The molecule has 0 unspecified atom stereocenters. The normalized spacial score (nSPS) is 11.0. The molecule has 27 heavy (non-hydrogen) atoms. The van der Waals surface area contributed by atoms with E-state index in [0.29, 0.717) is 12.1 Å². The molecule has 0 saturated heterocycles. The molecule has 0 bridgehead atoms. The standard InChI is InChI=1S/C17H14F3NO6/c1-25-16(22)8-9-26-14-4-2-3-5-15(14)27-13-7-6-11(17(18,19)20)10-12(13)21(23)24/h2-7,10H,8-9H2,1H3. The van der Waals surface area contributed by atoms with Gasteiger partial charge >= 0.3 is 17.8 Å². The lowest BCUT2D eigenvalue weighted by molar-refractivity contribution is -0.385. The van der Waals surface area contributed by atoms with Crippen molar-refractivity contribution in [2.45, 2.75) is 12.6 Å². The Hall–Kier alpha value is -3.30. The molecule has 0 saturated carbocycles. The van der Waals surface area contributed by atoms with Gasteiger partial charge in [0.25, 0.3) is 0 Å². The number of halogens is 3. The zero-order valence-electron chi connectivity index (χ0n) is 14.0. The fourth-order valence-electron chi connectivity index (χ4n) is 2.04. The number of benzene rings is 2. The van der Waals surface area contributed by atoms with Crippen molar-refractivity contribution in [2.24, 2.45) is 0 Å². The molecule has 0 aliphatic carbocycles. The molecule has 0 spiro atoms. The number of hydrogen-bond acceptors (Lipinski definition) is 6. The summed E-state index contributed by atoms with van der Waals surface area (Å²) in [5.41, 5.74) is -2.00. The molecule has 2 rings (SSSR count). The Balaban J connectivity index is 2.26. The molecule has 0 amide bonds. The van der Waals surface area contributed by atoms with Crippen LogP contribution in [-0.4, -0.2) is 24.6 Å². The highest BCUT2D eigenvalue weighted by Gasteiger charge is 2.33. The summed E-state index contributed by atoms with van der Waals surface area (Å²) in [6, 6.07) is 8.02. The fourth-order valence-corrected chi connectivity index (χ4v) is 2.04. The van der Waals surface area contributed by atoms with Crippen molar-refractivity contribution in [1.82, 2.24) is 0 Å². The van der Waals surface area contributed by atoms with E-state index in [4.69, 9.17) is 9.47 Å². The van der Waals surface area contributed by atoms with Crippen molar-refractivity contribution >= 4 is 11.7 Å². The predicted octanol–water partition coefficient (Wildman–Crippen LogP) is 4.35. The lowest BCUT2D eigenvalue weighted by Crippen LogP contribution is -2.08. The second-order valence-corrected chi connectivity index (χ2v) is 5.16. The van der Waals surface area contributed by atoms with Crippen LogP contribution >= 0.6 is 0 Å². The molecule has 0 fully saturated rings. The van der Waals surface area contributed by atoms with E-state index < -0.39 is 28.3 Å². The van der Waals surface area contributed by atoms with Crippen LogP contribution < -0.4 is 9.47 Å². The van der Waals surface area contributed by atoms with E-state index >= 15 is 0 Å². The van der Waals surface area contributed by atoms with Crippen molar-refractivity contribution in [1.29, 1.82) is 0 Å². The van der Waals surface area contributed by atoms with E-state index in [-0.39, 0.29) is 30.3 Å². The van der Waals surface area contributed by atoms with Gasteiger partial charge in [-0.05, 0) is 24.3 Å². The van der Waals surface area contributed by atoms with Gasteiger partial charge in [-0.15, -0.1) is 0 Å². The quantitative estimate of drug-likeness (QED) is 0.400. The van der Waals surface area contributed by atoms with Gasteiger partial charge in [-0.25, -0.2) is 0 Å². The first-order valence-electron chi connectivity index (χ1n) is 7.54. The van der Waals surface area contributed by atoms with Crippen LogP contribution in [0.2, 0.25) is 0 Å². The molecule has 0 N–H and O–H groups in total. The Labute approximate surface area is 151 Å². The Morgan fingerprint density at radius 2 is 1.78 bits per heavy atom. The van der Waals surface area contributed by atoms with Crippen LogP contribution in [0.15, 0.2) is 42.5 Å². The number of esters is 1. The number of carbonyl (C=O) groups excluding carboxylic acids is 1. The van der Waals surface area contributed by atoms with E-state index in [9.17, 15) is 28.1 Å². The summed E-state index contributed by atoms with van der Waals surface area (Å²) < 4.78 is 53.6. The van der Waals surface area contributed by atoms with Gasteiger partial charge in [0.1, 0.15) is 0 Å². The molecule has 0 atom stereocenters. The van der Waals surface area contributed by atoms with E-state index in [1.165, 1.54) is 19.2 Å². The van der Waals surface area contributed by atoms with E-state index in [1.54, 1.807) is 12.1 Å². The van der Waals surface area contributed by atoms with Crippen LogP contribution in [-0.2, 0) is 15.7 Å². The van der Waals surface area contributed by atoms with Gasteiger partial charge in [0, 0.05) is 6.07 Å². The zero-order chi connectivity index (χ0) is 20.0. The second kappa shape index (κ2) is 8.39. The minimum Gasteiger partial charge on any atom is -0.489 e. The SMILES string of the molecule is COC(=O)CCOc1ccccc1Oc1ccc(C(F)(F)F)cc1[N+](=O)[O-]. The summed E-state index contributed by atoms with van der Waals surface area (Å²) in [6.45, 7) is -0.0395. The Kier molecular flexibility index (Phi) is 6.22. The summed E-state index contributed by atoms with van der Waals surface area (Å²) in [4.78, 5) is 21.3. The van der Waals surface area contributed by atoms with Gasteiger partial charge in [0.05, 0.1) is 30.6 Å². The Bertz CT molecular complexity index is 838. The highest BCUT2D eigenvalue weighted by molar-refractivity contribution is 5.69. The number of nitrogens with zero attached hydrogens (tertiary/aromatic N) is 1. The molecule has 144 valence electrons. The van der Waals surface area contributed by atoms with Crippen LogP contribution in [0, 0.1) is 10.1 Å². The number of ether oxygens (including phenoxy) is 3. The number of nitro groups is 1. The third-order valence-electron chi connectivity index (χ3n) is 3.34. The Morgan fingerprint density at radius 3 is 2.37 bits per heavy atom. The molecule has 10 heteroatoms. The number of nitro benzene ring substituents is 1. The maximum absolute atomic E-state index is 12.8. The van der Waals surface area contributed by atoms with Crippen molar-refractivity contribution in [2.75, 3.05) is 13.7 Å². The summed E-state index contributed by atoms with van der Waals surface area (Å²) >= 11 is 0. The largest absolute Gasteiger partial charge is 0.489 e. The summed E-state index contributed by atoms with van der Waals surface area (Å²) in [5, 5.41) is 11.1. The van der Waals surface area contributed by atoms with Gasteiger partial charge in [-0.2, -0.15) is 13.2 Å². The number of alkyl halides is 3. The smallest absolute Gasteiger partial charge is 0.416 e.